The molecule has 1 aliphatic rings. The van der Waals surface area contributed by atoms with E-state index in [1.165, 1.54) is 0 Å². The average Bonchev–Trinajstić information content (AvgIpc) is 3.24. The van der Waals surface area contributed by atoms with E-state index in [1.807, 2.05) is 30.5 Å². The molecule has 5 rings (SSSR count). The maximum absolute atomic E-state index is 12.0. The van der Waals surface area contributed by atoms with Gasteiger partial charge in [0.1, 0.15) is 23.5 Å². The van der Waals surface area contributed by atoms with Gasteiger partial charge in [0.15, 0.2) is 0 Å². The first-order chi connectivity index (χ1) is 17.1. The molecule has 0 unspecified atom stereocenters. The lowest BCUT2D eigenvalue weighted by Crippen LogP contribution is -2.30. The number of amides is 1. The molecule has 9 heteroatoms. The van der Waals surface area contributed by atoms with E-state index >= 15 is 0 Å². The standard InChI is InChI=1S/C26H28N6O3/c1-16(19-7-6-17(26(33)27-2)9-23(19)34-3)11-29-24-10-22(30-15-31-24)21-12-32(18-13-35-14-18)25-20(21)5-4-8-28-25/h4-10,12,15-16,18H,11,13-14H2,1-3H3,(H,27,33)(H,29,30,31)/t16-/m1/s1. The summed E-state index contributed by atoms with van der Waals surface area (Å²) in [6.45, 7) is 4.13. The second-order valence-electron chi connectivity index (χ2n) is 8.62. The Bertz CT molecular complexity index is 1360. The van der Waals surface area contributed by atoms with Crippen LogP contribution in [0.5, 0.6) is 5.75 Å². The van der Waals surface area contributed by atoms with Crippen LogP contribution in [-0.2, 0) is 4.74 Å². The van der Waals surface area contributed by atoms with Crippen molar-refractivity contribution in [1.82, 2.24) is 24.8 Å². The quantitative estimate of drug-likeness (QED) is 0.403. The molecule has 2 N–H and O–H groups in total. The van der Waals surface area contributed by atoms with Crippen molar-refractivity contribution in [3.05, 3.63) is 66.2 Å². The number of nitrogens with one attached hydrogen (secondary N) is 2. The number of nitrogens with zero attached hydrogens (tertiary/aromatic N) is 4. The first-order valence-corrected chi connectivity index (χ1v) is 11.6. The van der Waals surface area contributed by atoms with Gasteiger partial charge in [0.25, 0.3) is 5.91 Å². The van der Waals surface area contributed by atoms with Gasteiger partial charge in [-0.15, -0.1) is 0 Å². The summed E-state index contributed by atoms with van der Waals surface area (Å²) >= 11 is 0. The maximum Gasteiger partial charge on any atom is 0.251 e. The minimum Gasteiger partial charge on any atom is -0.496 e. The van der Waals surface area contributed by atoms with Gasteiger partial charge in [-0.05, 0) is 29.8 Å². The first kappa shape index (κ1) is 22.8. The number of pyridine rings is 1. The van der Waals surface area contributed by atoms with E-state index in [9.17, 15) is 4.79 Å². The molecule has 3 aromatic heterocycles. The van der Waals surface area contributed by atoms with Gasteiger partial charge in [0, 0.05) is 54.5 Å². The van der Waals surface area contributed by atoms with E-state index in [-0.39, 0.29) is 11.8 Å². The Kier molecular flexibility index (Phi) is 6.33. The molecule has 1 aliphatic heterocycles. The summed E-state index contributed by atoms with van der Waals surface area (Å²) in [5.41, 5.74) is 4.36. The minimum atomic E-state index is -0.143. The lowest BCUT2D eigenvalue weighted by Gasteiger charge is -2.27. The number of hydrogen-bond acceptors (Lipinski definition) is 7. The van der Waals surface area contributed by atoms with E-state index in [0.717, 1.165) is 33.7 Å². The number of ether oxygens (including phenoxy) is 2. The van der Waals surface area contributed by atoms with Crippen LogP contribution < -0.4 is 15.4 Å². The summed E-state index contributed by atoms with van der Waals surface area (Å²) < 4.78 is 13.1. The highest BCUT2D eigenvalue weighted by atomic mass is 16.5. The van der Waals surface area contributed by atoms with Crippen LogP contribution in [0.3, 0.4) is 0 Å². The molecule has 1 fully saturated rings. The summed E-state index contributed by atoms with van der Waals surface area (Å²) in [5.74, 6) is 1.39. The smallest absolute Gasteiger partial charge is 0.251 e. The third kappa shape index (κ3) is 4.42. The van der Waals surface area contributed by atoms with E-state index < -0.39 is 0 Å². The predicted octanol–water partition coefficient (Wildman–Crippen LogP) is 3.65. The number of fused-ring (bicyclic) bond motifs is 1. The largest absolute Gasteiger partial charge is 0.496 e. The Hall–Kier alpha value is -3.98. The topological polar surface area (TPSA) is 103 Å². The van der Waals surface area contributed by atoms with Gasteiger partial charge in [0.2, 0.25) is 0 Å². The zero-order valence-electron chi connectivity index (χ0n) is 20.0. The predicted molar refractivity (Wildman–Crippen MR) is 134 cm³/mol. The van der Waals surface area contributed by atoms with Gasteiger partial charge < -0.3 is 24.7 Å². The zero-order valence-corrected chi connectivity index (χ0v) is 20.0. The Labute approximate surface area is 203 Å². The van der Waals surface area contributed by atoms with Crippen LogP contribution in [0.1, 0.15) is 34.8 Å². The van der Waals surface area contributed by atoms with Crippen LogP contribution in [0.15, 0.2) is 55.1 Å². The van der Waals surface area contributed by atoms with Gasteiger partial charge in [-0.3, -0.25) is 4.79 Å². The number of benzene rings is 1. The fourth-order valence-corrected chi connectivity index (χ4v) is 4.32. The molecule has 0 spiro atoms. The van der Waals surface area contributed by atoms with Gasteiger partial charge in [-0.25, -0.2) is 15.0 Å². The van der Waals surface area contributed by atoms with Crippen molar-refractivity contribution in [3.63, 3.8) is 0 Å². The SMILES string of the molecule is CNC(=O)c1ccc([C@H](C)CNc2cc(-c3cn(C4COC4)c4ncccc34)ncn2)c(OC)c1. The number of methoxy groups -OCH3 is 1. The molecule has 0 radical (unpaired) electrons. The Morgan fingerprint density at radius 1 is 1.23 bits per heavy atom. The highest BCUT2D eigenvalue weighted by Gasteiger charge is 2.24. The summed E-state index contributed by atoms with van der Waals surface area (Å²) in [4.78, 5) is 25.5. The molecule has 1 amide bonds. The summed E-state index contributed by atoms with van der Waals surface area (Å²) in [6, 6.07) is 11.8. The number of anilines is 1. The van der Waals surface area contributed by atoms with Crippen molar-refractivity contribution in [2.75, 3.05) is 39.2 Å². The van der Waals surface area contributed by atoms with Gasteiger partial charge in [-0.2, -0.15) is 0 Å². The Balaban J connectivity index is 1.36. The van der Waals surface area contributed by atoms with E-state index in [1.54, 1.807) is 26.6 Å². The van der Waals surface area contributed by atoms with Gasteiger partial charge in [0.05, 0.1) is 32.1 Å². The molecule has 35 heavy (non-hydrogen) atoms. The highest BCUT2D eigenvalue weighted by molar-refractivity contribution is 5.94. The third-order valence-corrected chi connectivity index (χ3v) is 6.39. The molecule has 1 aromatic carbocycles. The second-order valence-corrected chi connectivity index (χ2v) is 8.62. The summed E-state index contributed by atoms with van der Waals surface area (Å²) in [5, 5.41) is 7.12. The van der Waals surface area contributed by atoms with E-state index in [0.29, 0.717) is 37.1 Å². The van der Waals surface area contributed by atoms with Crippen molar-refractivity contribution >= 4 is 22.8 Å². The molecule has 0 aliphatic carbocycles. The maximum atomic E-state index is 12.0. The fraction of sp³-hybridized carbons (Fsp3) is 0.308. The van der Waals surface area contributed by atoms with Crippen LogP contribution in [0, 0.1) is 0 Å². The van der Waals surface area contributed by atoms with Crippen LogP contribution in [0.25, 0.3) is 22.3 Å². The summed E-state index contributed by atoms with van der Waals surface area (Å²) in [6.07, 6.45) is 5.50. The molecular formula is C26H28N6O3. The molecule has 0 bridgehead atoms. The summed E-state index contributed by atoms with van der Waals surface area (Å²) in [7, 11) is 3.23. The number of rotatable bonds is 8. The monoisotopic (exact) mass is 472 g/mol. The molecule has 180 valence electrons. The minimum absolute atomic E-state index is 0.117. The molecule has 4 heterocycles. The van der Waals surface area contributed by atoms with Gasteiger partial charge >= 0.3 is 0 Å². The molecule has 9 nitrogen and oxygen atoms in total. The second kappa shape index (κ2) is 9.71. The lowest BCUT2D eigenvalue weighted by atomic mass is 9.98. The van der Waals surface area contributed by atoms with Crippen molar-refractivity contribution in [3.8, 4) is 17.0 Å². The molecule has 1 saturated heterocycles. The first-order valence-electron chi connectivity index (χ1n) is 11.6. The highest BCUT2D eigenvalue weighted by Crippen LogP contribution is 2.33. The van der Waals surface area contributed by atoms with E-state index in [4.69, 9.17) is 9.47 Å². The van der Waals surface area contributed by atoms with Crippen molar-refractivity contribution < 1.29 is 14.3 Å². The van der Waals surface area contributed by atoms with Crippen LogP contribution in [-0.4, -0.2) is 59.3 Å². The number of carbonyl (C=O) groups is 1. The van der Waals surface area contributed by atoms with Crippen LogP contribution in [0.4, 0.5) is 5.82 Å². The third-order valence-electron chi connectivity index (χ3n) is 6.39. The number of carbonyl (C=O) groups excluding carboxylic acids is 1. The Morgan fingerprint density at radius 3 is 2.83 bits per heavy atom. The number of hydrogen-bond donors (Lipinski definition) is 2. The molecule has 1 atom stereocenters. The average molecular weight is 473 g/mol. The molecular weight excluding hydrogens is 444 g/mol. The fourth-order valence-electron chi connectivity index (χ4n) is 4.32. The lowest BCUT2D eigenvalue weighted by molar-refractivity contribution is -0.0215. The normalized spacial score (nSPS) is 14.4. The Morgan fingerprint density at radius 2 is 2.09 bits per heavy atom. The zero-order chi connectivity index (χ0) is 24.4. The molecule has 4 aromatic rings. The van der Waals surface area contributed by atoms with Gasteiger partial charge in [-0.1, -0.05) is 13.0 Å². The van der Waals surface area contributed by atoms with Crippen molar-refractivity contribution in [2.24, 2.45) is 0 Å². The van der Waals surface area contributed by atoms with Crippen LogP contribution >= 0.6 is 0 Å². The van der Waals surface area contributed by atoms with E-state index in [2.05, 4.69) is 49.3 Å². The van der Waals surface area contributed by atoms with Crippen molar-refractivity contribution in [1.29, 1.82) is 0 Å². The molecule has 0 saturated carbocycles. The van der Waals surface area contributed by atoms with Crippen molar-refractivity contribution in [2.45, 2.75) is 18.9 Å². The number of aromatic nitrogens is 4. The van der Waals surface area contributed by atoms with Crippen LogP contribution in [0.2, 0.25) is 0 Å².